The molecule has 1 heterocycles. The highest BCUT2D eigenvalue weighted by Gasteiger charge is 2.29. The molecule has 0 bridgehead atoms. The predicted octanol–water partition coefficient (Wildman–Crippen LogP) is 2.21. The maximum atomic E-state index is 13.0. The Hall–Kier alpha value is -0.500. The molecule has 2 rings (SSSR count). The summed E-state index contributed by atoms with van der Waals surface area (Å²) >= 11 is 3.11. The van der Waals surface area contributed by atoms with E-state index in [2.05, 4.69) is 25.6 Å². The quantitative estimate of drug-likeness (QED) is 0.894. The lowest BCUT2D eigenvalue weighted by Gasteiger charge is -2.35. The Labute approximate surface area is 127 Å². The number of piperidine rings is 1. The predicted molar refractivity (Wildman–Crippen MR) is 79.5 cm³/mol. The van der Waals surface area contributed by atoms with Crippen LogP contribution in [-0.4, -0.2) is 39.5 Å². The Morgan fingerprint density at radius 3 is 2.75 bits per heavy atom. The second-order valence-corrected chi connectivity index (χ2v) is 7.87. The maximum absolute atomic E-state index is 13.0. The first-order chi connectivity index (χ1) is 9.29. The number of hydrogen-bond acceptors (Lipinski definition) is 3. The summed E-state index contributed by atoms with van der Waals surface area (Å²) in [5.41, 5.74) is 0. The maximum Gasteiger partial charge on any atom is 0.241 e. The van der Waals surface area contributed by atoms with Crippen LogP contribution in [0.4, 0.5) is 4.39 Å². The van der Waals surface area contributed by atoms with Gasteiger partial charge in [0.15, 0.2) is 0 Å². The standard InChI is InChI=1S/C13H18BrFN2O2S/c1-9-8-17(2)6-5-12(9)16-20(18,19)13-4-3-10(15)7-11(13)14/h3-4,7,9,12,16H,5-6,8H2,1-2H3. The van der Waals surface area contributed by atoms with Gasteiger partial charge in [-0.1, -0.05) is 6.92 Å². The number of likely N-dealkylation sites (tertiary alicyclic amines) is 1. The van der Waals surface area contributed by atoms with E-state index in [0.717, 1.165) is 31.6 Å². The van der Waals surface area contributed by atoms with Crippen LogP contribution < -0.4 is 4.72 Å². The lowest BCUT2D eigenvalue weighted by Crippen LogP contribution is -2.48. The van der Waals surface area contributed by atoms with Crippen molar-refractivity contribution in [1.29, 1.82) is 0 Å². The molecule has 1 saturated heterocycles. The SMILES string of the molecule is CC1CN(C)CCC1NS(=O)(=O)c1ccc(F)cc1Br. The van der Waals surface area contributed by atoms with Gasteiger partial charge in [-0.15, -0.1) is 0 Å². The van der Waals surface area contributed by atoms with Crippen LogP contribution in [0.25, 0.3) is 0 Å². The number of hydrogen-bond donors (Lipinski definition) is 1. The number of nitrogens with zero attached hydrogens (tertiary/aromatic N) is 1. The van der Waals surface area contributed by atoms with Gasteiger partial charge >= 0.3 is 0 Å². The molecule has 0 spiro atoms. The summed E-state index contributed by atoms with van der Waals surface area (Å²) in [6.07, 6.45) is 0.774. The lowest BCUT2D eigenvalue weighted by molar-refractivity contribution is 0.188. The van der Waals surface area contributed by atoms with E-state index >= 15 is 0 Å². The molecule has 2 atom stereocenters. The number of benzene rings is 1. The molecule has 4 nitrogen and oxygen atoms in total. The zero-order valence-electron chi connectivity index (χ0n) is 11.4. The molecular weight excluding hydrogens is 347 g/mol. The van der Waals surface area contributed by atoms with E-state index in [-0.39, 0.29) is 21.3 Å². The van der Waals surface area contributed by atoms with Gasteiger partial charge in [0.25, 0.3) is 0 Å². The molecule has 7 heteroatoms. The normalized spacial score (nSPS) is 24.8. The summed E-state index contributed by atoms with van der Waals surface area (Å²) < 4.78 is 40.8. The molecule has 1 fully saturated rings. The molecule has 20 heavy (non-hydrogen) atoms. The molecule has 1 aliphatic heterocycles. The van der Waals surface area contributed by atoms with Crippen molar-refractivity contribution in [1.82, 2.24) is 9.62 Å². The van der Waals surface area contributed by atoms with Crippen LogP contribution in [0.2, 0.25) is 0 Å². The lowest BCUT2D eigenvalue weighted by atomic mass is 9.95. The Kier molecular flexibility index (Phi) is 4.84. The van der Waals surface area contributed by atoms with E-state index in [1.165, 1.54) is 6.07 Å². The Bertz CT molecular complexity index is 594. The van der Waals surface area contributed by atoms with Crippen molar-refractivity contribution in [3.8, 4) is 0 Å². The van der Waals surface area contributed by atoms with Gasteiger partial charge in [0.2, 0.25) is 10.0 Å². The van der Waals surface area contributed by atoms with Crippen molar-refractivity contribution in [3.05, 3.63) is 28.5 Å². The molecule has 1 aromatic rings. The van der Waals surface area contributed by atoms with Crippen molar-refractivity contribution in [2.24, 2.45) is 5.92 Å². The van der Waals surface area contributed by atoms with Gasteiger partial charge in [-0.2, -0.15) is 0 Å². The second-order valence-electron chi connectivity index (χ2n) is 5.33. The minimum Gasteiger partial charge on any atom is -0.306 e. The second kappa shape index (κ2) is 6.09. The van der Waals surface area contributed by atoms with Crippen LogP contribution in [0.3, 0.4) is 0 Å². The highest BCUT2D eigenvalue weighted by Crippen LogP contribution is 2.24. The largest absolute Gasteiger partial charge is 0.306 e. The highest BCUT2D eigenvalue weighted by molar-refractivity contribution is 9.10. The van der Waals surface area contributed by atoms with Crippen molar-refractivity contribution in [2.45, 2.75) is 24.3 Å². The van der Waals surface area contributed by atoms with E-state index in [0.29, 0.717) is 0 Å². The summed E-state index contributed by atoms with van der Waals surface area (Å²) in [5.74, 6) is -0.230. The average molecular weight is 365 g/mol. The molecule has 1 aromatic carbocycles. The minimum atomic E-state index is -3.64. The Balaban J connectivity index is 2.19. The minimum absolute atomic E-state index is 0.0741. The number of halogens is 2. The third-order valence-electron chi connectivity index (χ3n) is 3.60. The summed E-state index contributed by atoms with van der Waals surface area (Å²) in [6.45, 7) is 3.75. The average Bonchev–Trinajstić information content (AvgIpc) is 2.32. The Morgan fingerprint density at radius 2 is 2.15 bits per heavy atom. The van der Waals surface area contributed by atoms with E-state index < -0.39 is 15.8 Å². The first-order valence-corrected chi connectivity index (χ1v) is 8.73. The molecule has 112 valence electrons. The van der Waals surface area contributed by atoms with E-state index in [1.807, 2.05) is 14.0 Å². The summed E-state index contributed by atoms with van der Waals surface area (Å²) in [4.78, 5) is 2.26. The van der Waals surface area contributed by atoms with E-state index in [4.69, 9.17) is 0 Å². The molecule has 0 aliphatic carbocycles. The third kappa shape index (κ3) is 3.58. The topological polar surface area (TPSA) is 49.4 Å². The number of sulfonamides is 1. The van der Waals surface area contributed by atoms with Crippen molar-refractivity contribution in [2.75, 3.05) is 20.1 Å². The molecule has 0 radical (unpaired) electrons. The fraction of sp³-hybridized carbons (Fsp3) is 0.538. The van der Waals surface area contributed by atoms with Crippen LogP contribution in [0.5, 0.6) is 0 Å². The van der Waals surface area contributed by atoms with Crippen molar-refractivity contribution < 1.29 is 12.8 Å². The first-order valence-electron chi connectivity index (χ1n) is 6.45. The van der Waals surface area contributed by atoms with Crippen LogP contribution >= 0.6 is 15.9 Å². The van der Waals surface area contributed by atoms with Crippen LogP contribution in [-0.2, 0) is 10.0 Å². The van der Waals surface area contributed by atoms with Crippen LogP contribution in [0.15, 0.2) is 27.6 Å². The van der Waals surface area contributed by atoms with E-state index in [1.54, 1.807) is 0 Å². The molecule has 0 amide bonds. The zero-order chi connectivity index (χ0) is 14.9. The van der Waals surface area contributed by atoms with Gasteiger partial charge in [0.05, 0.1) is 4.90 Å². The zero-order valence-corrected chi connectivity index (χ0v) is 13.8. The van der Waals surface area contributed by atoms with E-state index in [9.17, 15) is 12.8 Å². The van der Waals surface area contributed by atoms with Crippen molar-refractivity contribution >= 4 is 26.0 Å². The molecule has 1 aliphatic rings. The third-order valence-corrected chi connectivity index (χ3v) is 6.06. The smallest absolute Gasteiger partial charge is 0.241 e. The van der Waals surface area contributed by atoms with Crippen molar-refractivity contribution in [3.63, 3.8) is 0 Å². The van der Waals surface area contributed by atoms with Gasteiger partial charge in [0.1, 0.15) is 5.82 Å². The van der Waals surface area contributed by atoms with Gasteiger partial charge in [-0.25, -0.2) is 17.5 Å². The van der Waals surface area contributed by atoms with Crippen LogP contribution in [0, 0.1) is 11.7 Å². The van der Waals surface area contributed by atoms with Gasteiger partial charge in [-0.3, -0.25) is 0 Å². The molecule has 0 saturated carbocycles. The molecule has 1 N–H and O–H groups in total. The van der Waals surface area contributed by atoms with Gasteiger partial charge in [-0.05, 0) is 60.1 Å². The number of rotatable bonds is 3. The highest BCUT2D eigenvalue weighted by atomic mass is 79.9. The monoisotopic (exact) mass is 364 g/mol. The fourth-order valence-corrected chi connectivity index (χ4v) is 4.91. The van der Waals surface area contributed by atoms with Crippen LogP contribution in [0.1, 0.15) is 13.3 Å². The fourth-order valence-electron chi connectivity index (χ4n) is 2.49. The number of nitrogens with one attached hydrogen (secondary N) is 1. The molecular formula is C13H18BrFN2O2S. The molecule has 2 unspecified atom stereocenters. The summed E-state index contributed by atoms with van der Waals surface area (Å²) in [5, 5.41) is 0. The summed E-state index contributed by atoms with van der Waals surface area (Å²) in [7, 11) is -1.61. The molecule has 0 aromatic heterocycles. The van der Waals surface area contributed by atoms with Gasteiger partial charge < -0.3 is 4.90 Å². The van der Waals surface area contributed by atoms with Gasteiger partial charge in [0, 0.05) is 17.1 Å². The summed E-state index contributed by atoms with van der Waals surface area (Å²) in [6, 6.07) is 3.50. The Morgan fingerprint density at radius 1 is 1.45 bits per heavy atom. The first kappa shape index (κ1) is 15.9.